The number of carboxylic acid groups (broad SMARTS) is 1. The van der Waals surface area contributed by atoms with Gasteiger partial charge in [-0.25, -0.2) is 44.8 Å². The van der Waals surface area contributed by atoms with Gasteiger partial charge in [-0.3, -0.25) is 19.6 Å². The van der Waals surface area contributed by atoms with Crippen LogP contribution in [0.15, 0.2) is 184 Å². The highest BCUT2D eigenvalue weighted by molar-refractivity contribution is 5.92. The average molecular weight is 1280 g/mol. The Morgan fingerprint density at radius 1 is 0.467 bits per heavy atom. The third kappa shape index (κ3) is 18.0. The lowest BCUT2D eigenvalue weighted by Gasteiger charge is -2.25. The Hall–Kier alpha value is -11.1. The van der Waals surface area contributed by atoms with Crippen LogP contribution in [0.2, 0.25) is 0 Å². The van der Waals surface area contributed by atoms with Gasteiger partial charge in [-0.2, -0.15) is 39.5 Å². The molecule has 0 fully saturated rings. The minimum atomic E-state index is -4.41. The van der Waals surface area contributed by atoms with E-state index in [1.807, 2.05) is 38.1 Å². The Kier molecular flexibility index (Phi) is 21.1. The van der Waals surface area contributed by atoms with Crippen molar-refractivity contribution in [2.75, 3.05) is 23.1 Å². The van der Waals surface area contributed by atoms with E-state index in [0.29, 0.717) is 44.6 Å². The highest BCUT2D eigenvalue weighted by Gasteiger charge is 2.32. The molecule has 0 saturated carbocycles. The largest absolute Gasteiger partial charge is 0.497 e. The summed E-state index contributed by atoms with van der Waals surface area (Å²) in [6.07, 6.45) is -4.98. The van der Waals surface area contributed by atoms with Crippen molar-refractivity contribution in [2.45, 2.75) is 64.9 Å². The first kappa shape index (κ1) is 66.8. The number of pyridine rings is 3. The van der Waals surface area contributed by atoms with Gasteiger partial charge < -0.3 is 39.0 Å². The Morgan fingerprint density at radius 2 is 0.815 bits per heavy atom. The van der Waals surface area contributed by atoms with Crippen molar-refractivity contribution in [1.29, 1.82) is 0 Å². The standard InChI is InChI=1S/C27H25F3N4O4.C19H17F3N4O3.C16H10F3N3O3/c1-17(2)34(37-16-18-4-11-22(36-3)12-5-18)25(35)23-13-10-21(14-31-23)33-26-32-15-24(38-26)19-6-8-20(9-7-19)27(28,29)30;1-11(2)26(28)17(27)15-8-7-14(9-23-15)25-18-24-10-16(29-18)12-3-5-13(6-4-12)19(20,21)22;17-16(18,19)10-3-1-9(2-4-10)13-8-21-15(25-13)22-11-5-6-12(14(23)24)20-7-11/h4-15,17H,16H2,1-3H3,(H,32,33);3-11,28H,1-2H3,(H,24,25);1-8H,(H,21,22)(H,23,24). The highest BCUT2D eigenvalue weighted by atomic mass is 19.4. The lowest BCUT2D eigenvalue weighted by Crippen LogP contribution is -2.37. The molecule has 6 heterocycles. The van der Waals surface area contributed by atoms with Crippen LogP contribution >= 0.6 is 0 Å². The first-order chi connectivity index (χ1) is 43.6. The van der Waals surface area contributed by atoms with Crippen LogP contribution in [0.3, 0.4) is 0 Å². The molecule has 0 aliphatic rings. The number of benzene rings is 4. The fourth-order valence-corrected chi connectivity index (χ4v) is 7.79. The van der Waals surface area contributed by atoms with Gasteiger partial charge in [0.2, 0.25) is 0 Å². The number of nitrogens with one attached hydrogen (secondary N) is 3. The Morgan fingerprint density at radius 3 is 1.11 bits per heavy atom. The lowest BCUT2D eigenvalue weighted by molar-refractivity contribution is -0.152. The molecule has 0 unspecified atom stereocenters. The van der Waals surface area contributed by atoms with Gasteiger partial charge in [-0.05, 0) is 118 Å². The molecule has 6 aromatic heterocycles. The van der Waals surface area contributed by atoms with Crippen molar-refractivity contribution in [3.8, 4) is 39.7 Å². The summed E-state index contributed by atoms with van der Waals surface area (Å²) >= 11 is 0. The van der Waals surface area contributed by atoms with E-state index in [-0.39, 0.29) is 59.3 Å². The first-order valence-electron chi connectivity index (χ1n) is 27.1. The lowest BCUT2D eigenvalue weighted by atomic mass is 10.1. The molecule has 92 heavy (non-hydrogen) atoms. The number of halogens is 9. The summed E-state index contributed by atoms with van der Waals surface area (Å²) in [7, 11) is 1.59. The third-order valence-corrected chi connectivity index (χ3v) is 12.6. The predicted octanol–water partition coefficient (Wildman–Crippen LogP) is 15.4. The molecule has 0 spiro atoms. The van der Waals surface area contributed by atoms with E-state index in [9.17, 15) is 59.1 Å². The SMILES string of the molecule is CC(C)N(O)C(=O)c1ccc(Nc2ncc(-c3ccc(C(F)(F)F)cc3)o2)cn1.COc1ccc(CON(C(=O)c2ccc(Nc3ncc(-c4ccc(C(F)(F)F)cc4)o3)cn2)C(C)C)cc1.O=C(O)c1ccc(Nc2ncc(-c3ccc(C(F)(F)F)cc3)o2)cn1. The summed E-state index contributed by atoms with van der Waals surface area (Å²) in [5.41, 5.74) is 1.49. The van der Waals surface area contributed by atoms with Crippen LogP contribution in [0.1, 0.15) is 81.4 Å². The number of rotatable bonds is 18. The zero-order valence-corrected chi connectivity index (χ0v) is 48.7. The summed E-state index contributed by atoms with van der Waals surface area (Å²) in [5, 5.41) is 28.8. The summed E-state index contributed by atoms with van der Waals surface area (Å²) in [6, 6.07) is 29.6. The van der Waals surface area contributed by atoms with Gasteiger partial charge in [-0.1, -0.05) is 48.5 Å². The van der Waals surface area contributed by atoms with E-state index in [0.717, 1.165) is 47.7 Å². The molecule has 4 aromatic carbocycles. The number of alkyl halides is 9. The van der Waals surface area contributed by atoms with E-state index >= 15 is 0 Å². The quantitative estimate of drug-likeness (QED) is 0.0303. The van der Waals surface area contributed by atoms with Crippen molar-refractivity contribution >= 4 is 52.9 Å². The van der Waals surface area contributed by atoms with Crippen LogP contribution in [0, 0.1) is 0 Å². The fourth-order valence-electron chi connectivity index (χ4n) is 7.79. The Bertz CT molecular complexity index is 4050. The number of hydrogen-bond acceptors (Lipinski definition) is 18. The van der Waals surface area contributed by atoms with E-state index in [1.165, 1.54) is 103 Å². The van der Waals surface area contributed by atoms with E-state index in [1.54, 1.807) is 33.1 Å². The number of ether oxygens (including phenoxy) is 1. The third-order valence-electron chi connectivity index (χ3n) is 12.6. The van der Waals surface area contributed by atoms with Crippen molar-refractivity contribution in [3.05, 3.63) is 210 Å². The zero-order chi connectivity index (χ0) is 66.5. The summed E-state index contributed by atoms with van der Waals surface area (Å²) in [4.78, 5) is 65.6. The average Bonchev–Trinajstić information content (AvgIpc) is 1.85. The molecular formula is C62H52F9N11O10. The van der Waals surface area contributed by atoms with Crippen molar-refractivity contribution in [2.24, 2.45) is 0 Å². The maximum absolute atomic E-state index is 13.0. The number of oxazole rings is 3. The van der Waals surface area contributed by atoms with Crippen LogP contribution in [0.4, 0.5) is 74.6 Å². The number of hydroxylamine groups is 4. The van der Waals surface area contributed by atoms with E-state index < -0.39 is 59.0 Å². The minimum Gasteiger partial charge on any atom is -0.497 e. The zero-order valence-electron chi connectivity index (χ0n) is 48.7. The second-order valence-electron chi connectivity index (χ2n) is 19.9. The molecule has 10 rings (SSSR count). The molecule has 10 aromatic rings. The molecule has 0 aliphatic carbocycles. The van der Waals surface area contributed by atoms with Crippen LogP contribution in [0.25, 0.3) is 34.0 Å². The number of carbonyl (C=O) groups excluding carboxylic acids is 2. The van der Waals surface area contributed by atoms with Gasteiger partial charge >= 0.3 is 24.5 Å². The van der Waals surface area contributed by atoms with Gasteiger partial charge in [0.25, 0.3) is 29.9 Å². The summed E-state index contributed by atoms with van der Waals surface area (Å²) in [5.74, 6) is -0.591. The Balaban J connectivity index is 0.000000182. The number of carboxylic acids is 1. The number of anilines is 6. The normalized spacial score (nSPS) is 11.4. The van der Waals surface area contributed by atoms with Crippen molar-refractivity contribution < 1.29 is 87.0 Å². The maximum atomic E-state index is 13.0. The number of hydrogen-bond donors (Lipinski definition) is 5. The molecule has 2 amide bonds. The van der Waals surface area contributed by atoms with Gasteiger partial charge in [0.1, 0.15) is 29.4 Å². The molecule has 478 valence electrons. The summed E-state index contributed by atoms with van der Waals surface area (Å²) in [6.45, 7) is 7.17. The molecular weight excluding hydrogens is 1230 g/mol. The van der Waals surface area contributed by atoms with Gasteiger partial charge in [0, 0.05) is 16.7 Å². The number of nitrogens with zero attached hydrogens (tertiary/aromatic N) is 8. The molecule has 0 atom stereocenters. The predicted molar refractivity (Wildman–Crippen MR) is 313 cm³/mol. The van der Waals surface area contributed by atoms with Crippen LogP contribution < -0.4 is 20.7 Å². The van der Waals surface area contributed by atoms with E-state index in [2.05, 4.69) is 45.9 Å². The number of aromatic carboxylic acids is 1. The molecule has 5 N–H and O–H groups in total. The second-order valence-corrected chi connectivity index (χ2v) is 19.9. The molecule has 0 radical (unpaired) electrons. The topological polar surface area (TPSA) is 269 Å². The fraction of sp³-hybridized carbons (Fsp3) is 0.177. The monoisotopic (exact) mass is 1280 g/mol. The number of aromatic nitrogens is 6. The first-order valence-corrected chi connectivity index (χ1v) is 27.1. The van der Waals surface area contributed by atoms with Crippen LogP contribution in [-0.4, -0.2) is 87.3 Å². The molecule has 0 saturated heterocycles. The summed E-state index contributed by atoms with van der Waals surface area (Å²) < 4.78 is 136. The molecule has 30 heteroatoms. The van der Waals surface area contributed by atoms with Crippen molar-refractivity contribution in [1.82, 2.24) is 40.0 Å². The minimum absolute atomic E-state index is 0.0598. The van der Waals surface area contributed by atoms with Crippen LogP contribution in [0.5, 0.6) is 5.75 Å². The molecule has 0 bridgehead atoms. The van der Waals surface area contributed by atoms with Crippen molar-refractivity contribution in [3.63, 3.8) is 0 Å². The van der Waals surface area contributed by atoms with Gasteiger partial charge in [0.05, 0.1) is 90.1 Å². The second kappa shape index (κ2) is 29.0. The maximum Gasteiger partial charge on any atom is 0.416 e. The van der Waals surface area contributed by atoms with Gasteiger partial charge in [-0.15, -0.1) is 0 Å². The number of methoxy groups -OCH3 is 1. The Labute approximate surface area is 516 Å². The highest BCUT2D eigenvalue weighted by Crippen LogP contribution is 2.35. The van der Waals surface area contributed by atoms with Gasteiger partial charge in [0.15, 0.2) is 17.3 Å². The molecule has 21 nitrogen and oxygen atoms in total. The smallest absolute Gasteiger partial charge is 0.416 e. The van der Waals surface area contributed by atoms with Crippen LogP contribution in [-0.2, 0) is 30.0 Å². The number of carbonyl (C=O) groups is 3. The number of amides is 2. The van der Waals surface area contributed by atoms with E-state index in [4.69, 9.17) is 27.9 Å². The molecule has 0 aliphatic heterocycles.